The van der Waals surface area contributed by atoms with Gasteiger partial charge < -0.3 is 10.8 Å². The minimum atomic E-state index is -3.23. The maximum Gasteiger partial charge on any atom is 0.154 e. The van der Waals surface area contributed by atoms with Crippen molar-refractivity contribution in [2.45, 2.75) is 24.2 Å². The second kappa shape index (κ2) is 3.11. The maximum atomic E-state index is 11.4. The highest BCUT2D eigenvalue weighted by atomic mass is 32.2. The van der Waals surface area contributed by atoms with E-state index in [0.29, 0.717) is 0 Å². The summed E-state index contributed by atoms with van der Waals surface area (Å²) in [4.78, 5) is 0. The molecule has 1 aliphatic rings. The summed E-state index contributed by atoms with van der Waals surface area (Å²) >= 11 is 0.906. The van der Waals surface area contributed by atoms with Gasteiger partial charge >= 0.3 is 0 Å². The van der Waals surface area contributed by atoms with E-state index in [4.69, 9.17) is 11.1 Å². The summed E-state index contributed by atoms with van der Waals surface area (Å²) in [7, 11) is -3.23. The molecule has 0 radical (unpaired) electrons. The van der Waals surface area contributed by atoms with Crippen LogP contribution in [0.25, 0.3) is 0 Å². The Labute approximate surface area is 87.5 Å². The lowest BCUT2D eigenvalue weighted by Crippen LogP contribution is -2.47. The number of rotatable bonds is 1. The molecular formula is C7H14N2O3S2. The molecular weight excluding hydrogens is 224 g/mol. The lowest BCUT2D eigenvalue weighted by atomic mass is 9.94. The molecule has 2 atom stereocenters. The van der Waals surface area contributed by atoms with Crippen molar-refractivity contribution in [2.75, 3.05) is 11.5 Å². The topological polar surface area (TPSA) is 104 Å². The number of amidine groups is 1. The van der Waals surface area contributed by atoms with Gasteiger partial charge in [-0.3, -0.25) is 5.41 Å². The van der Waals surface area contributed by atoms with Crippen LogP contribution in [0.1, 0.15) is 13.8 Å². The Balaban J connectivity index is 3.05. The molecule has 4 N–H and O–H groups in total. The standard InChI is InChI=1S/C7H14N2O3S2/c1-6(10)3-14(11,12)4-7(6,2)13-5(8)9/h10H,3-4H2,1-2H3,(H3,8,9)/t6-,7+/m1/s1. The molecule has 0 aliphatic carbocycles. The first-order valence-corrected chi connectivity index (χ1v) is 6.68. The molecule has 1 aliphatic heterocycles. The minimum absolute atomic E-state index is 0.142. The molecule has 14 heavy (non-hydrogen) atoms. The van der Waals surface area contributed by atoms with Crippen molar-refractivity contribution in [3.63, 3.8) is 0 Å². The maximum absolute atomic E-state index is 11.4. The Morgan fingerprint density at radius 2 is 2.00 bits per heavy atom. The molecule has 7 heteroatoms. The molecule has 82 valence electrons. The molecule has 0 aromatic carbocycles. The van der Waals surface area contributed by atoms with Gasteiger partial charge in [0.2, 0.25) is 0 Å². The van der Waals surface area contributed by atoms with E-state index in [1.54, 1.807) is 6.92 Å². The molecule has 0 saturated carbocycles. The molecule has 1 fully saturated rings. The van der Waals surface area contributed by atoms with Crippen molar-refractivity contribution >= 4 is 26.8 Å². The van der Waals surface area contributed by atoms with Gasteiger partial charge in [0.05, 0.1) is 21.9 Å². The first-order valence-electron chi connectivity index (χ1n) is 4.04. The van der Waals surface area contributed by atoms with Crippen molar-refractivity contribution < 1.29 is 13.5 Å². The second-order valence-electron chi connectivity index (χ2n) is 4.00. The van der Waals surface area contributed by atoms with Gasteiger partial charge in [0.25, 0.3) is 0 Å². The Morgan fingerprint density at radius 1 is 1.50 bits per heavy atom. The lowest BCUT2D eigenvalue weighted by molar-refractivity contribution is 0.0628. The molecule has 1 heterocycles. The average Bonchev–Trinajstić information content (AvgIpc) is 1.91. The van der Waals surface area contributed by atoms with Gasteiger partial charge in [0.15, 0.2) is 15.0 Å². The van der Waals surface area contributed by atoms with Gasteiger partial charge in [-0.2, -0.15) is 0 Å². The van der Waals surface area contributed by atoms with Crippen LogP contribution in [-0.2, 0) is 9.84 Å². The number of aliphatic hydroxyl groups is 1. The van der Waals surface area contributed by atoms with Crippen LogP contribution in [-0.4, -0.2) is 40.5 Å². The Bertz CT molecular complexity index is 363. The van der Waals surface area contributed by atoms with Crippen molar-refractivity contribution in [1.29, 1.82) is 5.41 Å². The third-order valence-corrected chi connectivity index (χ3v) is 5.93. The van der Waals surface area contributed by atoms with Crippen LogP contribution in [0.3, 0.4) is 0 Å². The fourth-order valence-corrected chi connectivity index (χ4v) is 5.66. The zero-order valence-electron chi connectivity index (χ0n) is 8.07. The van der Waals surface area contributed by atoms with Crippen LogP contribution < -0.4 is 5.73 Å². The van der Waals surface area contributed by atoms with E-state index in [-0.39, 0.29) is 16.7 Å². The van der Waals surface area contributed by atoms with Crippen molar-refractivity contribution in [3.8, 4) is 0 Å². The van der Waals surface area contributed by atoms with Crippen LogP contribution in [0.15, 0.2) is 0 Å². The fraction of sp³-hybridized carbons (Fsp3) is 0.857. The highest BCUT2D eigenvalue weighted by molar-refractivity contribution is 8.15. The molecule has 1 rings (SSSR count). The van der Waals surface area contributed by atoms with Crippen molar-refractivity contribution in [2.24, 2.45) is 5.73 Å². The predicted molar refractivity (Wildman–Crippen MR) is 57.2 cm³/mol. The summed E-state index contributed by atoms with van der Waals surface area (Å²) in [6.45, 7) is 3.08. The third kappa shape index (κ3) is 2.04. The Hall–Kier alpha value is -0.270. The molecule has 0 spiro atoms. The van der Waals surface area contributed by atoms with Crippen LogP contribution >= 0.6 is 11.8 Å². The van der Waals surface area contributed by atoms with Crippen LogP contribution in [0.5, 0.6) is 0 Å². The smallest absolute Gasteiger partial charge is 0.154 e. The fourth-order valence-electron chi connectivity index (χ4n) is 1.59. The van der Waals surface area contributed by atoms with Crippen LogP contribution in [0.2, 0.25) is 0 Å². The second-order valence-corrected chi connectivity index (χ2v) is 7.61. The molecule has 0 bridgehead atoms. The minimum Gasteiger partial charge on any atom is -0.388 e. The van der Waals surface area contributed by atoms with E-state index in [0.717, 1.165) is 11.8 Å². The Kier molecular flexibility index (Phi) is 2.62. The van der Waals surface area contributed by atoms with Gasteiger partial charge in [-0.05, 0) is 13.8 Å². The number of nitrogens with one attached hydrogen (secondary N) is 1. The lowest BCUT2D eigenvalue weighted by Gasteiger charge is -2.33. The summed E-state index contributed by atoms with van der Waals surface area (Å²) in [5.41, 5.74) is 3.88. The number of nitrogens with two attached hydrogens (primary N) is 1. The zero-order valence-corrected chi connectivity index (χ0v) is 9.70. The molecule has 5 nitrogen and oxygen atoms in total. The molecule has 0 aromatic rings. The zero-order chi connectivity index (χ0) is 11.2. The van der Waals surface area contributed by atoms with E-state index in [9.17, 15) is 13.5 Å². The van der Waals surface area contributed by atoms with Gasteiger partial charge in [-0.25, -0.2) is 8.42 Å². The van der Waals surface area contributed by atoms with Gasteiger partial charge in [0.1, 0.15) is 0 Å². The summed E-state index contributed by atoms with van der Waals surface area (Å²) in [6.07, 6.45) is 0. The highest BCUT2D eigenvalue weighted by Gasteiger charge is 2.55. The number of hydrogen-bond donors (Lipinski definition) is 3. The summed E-state index contributed by atoms with van der Waals surface area (Å²) < 4.78 is 21.8. The van der Waals surface area contributed by atoms with Crippen LogP contribution in [0, 0.1) is 5.41 Å². The SMILES string of the molecule is C[C@@]1(O)CS(=O)(=O)C[C@]1(C)SC(=N)N. The average molecular weight is 238 g/mol. The Morgan fingerprint density at radius 3 is 2.29 bits per heavy atom. The van der Waals surface area contributed by atoms with Gasteiger partial charge in [-0.1, -0.05) is 11.8 Å². The van der Waals surface area contributed by atoms with E-state index < -0.39 is 20.2 Å². The first-order chi connectivity index (χ1) is 6.08. The molecule has 0 unspecified atom stereocenters. The van der Waals surface area contributed by atoms with E-state index >= 15 is 0 Å². The molecule has 1 saturated heterocycles. The summed E-state index contributed by atoms with van der Waals surface area (Å²) in [5.74, 6) is -0.409. The number of thioether (sulfide) groups is 1. The van der Waals surface area contributed by atoms with Crippen LogP contribution in [0.4, 0.5) is 0 Å². The van der Waals surface area contributed by atoms with E-state index in [2.05, 4.69) is 0 Å². The number of hydrogen-bond acceptors (Lipinski definition) is 5. The molecule has 0 amide bonds. The normalized spacial score (nSPS) is 41.1. The van der Waals surface area contributed by atoms with Gasteiger partial charge in [-0.15, -0.1) is 0 Å². The monoisotopic (exact) mass is 238 g/mol. The summed E-state index contributed by atoms with van der Waals surface area (Å²) in [6, 6.07) is 0. The quantitative estimate of drug-likeness (QED) is 0.424. The summed E-state index contributed by atoms with van der Waals surface area (Å²) in [5, 5.41) is 16.9. The highest BCUT2D eigenvalue weighted by Crippen LogP contribution is 2.43. The third-order valence-electron chi connectivity index (χ3n) is 2.47. The van der Waals surface area contributed by atoms with Gasteiger partial charge in [0, 0.05) is 0 Å². The largest absolute Gasteiger partial charge is 0.388 e. The van der Waals surface area contributed by atoms with E-state index in [1.165, 1.54) is 6.92 Å². The van der Waals surface area contributed by atoms with Crippen molar-refractivity contribution in [3.05, 3.63) is 0 Å². The predicted octanol–water partition coefficient (Wildman–Crippen LogP) is -0.449. The first kappa shape index (κ1) is 11.8. The van der Waals surface area contributed by atoms with E-state index in [1.807, 2.05) is 0 Å². The molecule has 0 aromatic heterocycles. The van der Waals surface area contributed by atoms with Crippen molar-refractivity contribution in [1.82, 2.24) is 0 Å². The number of sulfone groups is 1.